The van der Waals surface area contributed by atoms with Crippen molar-refractivity contribution in [2.75, 3.05) is 0 Å². The number of phenolic OH excluding ortho intramolecular Hbond substituents is 2. The lowest BCUT2D eigenvalue weighted by atomic mass is 10.1. The highest BCUT2D eigenvalue weighted by Gasteiger charge is 1.97. The number of hydrogen-bond acceptors (Lipinski definition) is 3. The highest BCUT2D eigenvalue weighted by Crippen LogP contribution is 2.25. The van der Waals surface area contributed by atoms with Gasteiger partial charge in [0.05, 0.1) is 0 Å². The minimum atomic E-state index is -0.840. The lowest BCUT2D eigenvalue weighted by Crippen LogP contribution is -1.91. The summed E-state index contributed by atoms with van der Waals surface area (Å²) in [7, 11) is 0. The van der Waals surface area contributed by atoms with Gasteiger partial charge in [0.15, 0.2) is 11.5 Å². The Morgan fingerprint density at radius 1 is 1.27 bits per heavy atom. The summed E-state index contributed by atoms with van der Waals surface area (Å²) < 4.78 is 0. The zero-order chi connectivity index (χ0) is 11.3. The standard InChI is InChI=1S/C11H12O4/c12-9-6-5-8(7-10(9)13)3-1-2-4-11(14)15/h1,3,5-7,12-13H,2,4H2,(H,14,15). The van der Waals surface area contributed by atoms with E-state index in [0.717, 1.165) is 5.56 Å². The van der Waals surface area contributed by atoms with Gasteiger partial charge in [0.25, 0.3) is 0 Å². The Morgan fingerprint density at radius 2 is 2.00 bits per heavy atom. The molecule has 0 bridgehead atoms. The molecule has 0 fully saturated rings. The van der Waals surface area contributed by atoms with Gasteiger partial charge in [0.1, 0.15) is 0 Å². The molecule has 0 aliphatic rings. The Labute approximate surface area is 87.1 Å². The van der Waals surface area contributed by atoms with Crippen molar-refractivity contribution < 1.29 is 20.1 Å². The lowest BCUT2D eigenvalue weighted by molar-refractivity contribution is -0.136. The number of benzene rings is 1. The number of carboxylic acids is 1. The number of hydrogen-bond donors (Lipinski definition) is 3. The number of carboxylic acid groups (broad SMARTS) is 1. The van der Waals surface area contributed by atoms with Crippen molar-refractivity contribution in [3.05, 3.63) is 29.8 Å². The van der Waals surface area contributed by atoms with Gasteiger partial charge in [-0.25, -0.2) is 0 Å². The molecule has 1 aromatic rings. The van der Waals surface area contributed by atoms with E-state index in [2.05, 4.69) is 0 Å². The fourth-order valence-electron chi connectivity index (χ4n) is 1.07. The van der Waals surface area contributed by atoms with Crippen LogP contribution in [-0.4, -0.2) is 21.3 Å². The molecule has 1 rings (SSSR count). The van der Waals surface area contributed by atoms with Crippen molar-refractivity contribution in [1.82, 2.24) is 0 Å². The summed E-state index contributed by atoms with van der Waals surface area (Å²) in [4.78, 5) is 10.2. The Kier molecular flexibility index (Phi) is 3.74. The Bertz CT molecular complexity index is 382. The zero-order valence-corrected chi connectivity index (χ0v) is 8.05. The molecule has 0 saturated carbocycles. The molecule has 0 heterocycles. The second-order valence-corrected chi connectivity index (χ2v) is 3.08. The second-order valence-electron chi connectivity index (χ2n) is 3.08. The van der Waals surface area contributed by atoms with Crippen LogP contribution in [0.15, 0.2) is 24.3 Å². The Balaban J connectivity index is 2.57. The fourth-order valence-corrected chi connectivity index (χ4v) is 1.07. The molecule has 1 aromatic carbocycles. The van der Waals surface area contributed by atoms with Crippen LogP contribution < -0.4 is 0 Å². The van der Waals surface area contributed by atoms with Gasteiger partial charge in [-0.2, -0.15) is 0 Å². The summed E-state index contributed by atoms with van der Waals surface area (Å²) in [6.07, 6.45) is 3.93. The summed E-state index contributed by atoms with van der Waals surface area (Å²) in [5.74, 6) is -1.19. The van der Waals surface area contributed by atoms with E-state index in [1.165, 1.54) is 12.1 Å². The minimum Gasteiger partial charge on any atom is -0.504 e. The van der Waals surface area contributed by atoms with Crippen LogP contribution >= 0.6 is 0 Å². The van der Waals surface area contributed by atoms with Crippen LogP contribution in [-0.2, 0) is 4.79 Å². The molecule has 0 amide bonds. The molecule has 3 N–H and O–H groups in total. The molecule has 0 aromatic heterocycles. The van der Waals surface area contributed by atoms with E-state index in [-0.39, 0.29) is 17.9 Å². The van der Waals surface area contributed by atoms with Gasteiger partial charge < -0.3 is 15.3 Å². The monoisotopic (exact) mass is 208 g/mol. The molecule has 4 nitrogen and oxygen atoms in total. The molecule has 0 spiro atoms. The minimum absolute atomic E-state index is 0.0839. The molecular weight excluding hydrogens is 196 g/mol. The van der Waals surface area contributed by atoms with Gasteiger partial charge >= 0.3 is 5.97 Å². The smallest absolute Gasteiger partial charge is 0.303 e. The maximum absolute atomic E-state index is 10.2. The third-order valence-electron chi connectivity index (χ3n) is 1.83. The number of carbonyl (C=O) groups is 1. The van der Waals surface area contributed by atoms with Gasteiger partial charge in [-0.1, -0.05) is 18.2 Å². The molecule has 0 saturated heterocycles. The van der Waals surface area contributed by atoms with E-state index in [1.807, 2.05) is 0 Å². The van der Waals surface area contributed by atoms with Crippen LogP contribution in [0.3, 0.4) is 0 Å². The Hall–Kier alpha value is -1.97. The summed E-state index contributed by atoms with van der Waals surface area (Å²) in [5, 5.41) is 26.6. The highest BCUT2D eigenvalue weighted by atomic mass is 16.4. The lowest BCUT2D eigenvalue weighted by Gasteiger charge is -1.98. The molecule has 0 unspecified atom stereocenters. The number of phenols is 2. The van der Waals surface area contributed by atoms with Gasteiger partial charge in [0.2, 0.25) is 0 Å². The molecule has 15 heavy (non-hydrogen) atoms. The predicted octanol–water partition coefficient (Wildman–Crippen LogP) is 1.98. The molecule has 80 valence electrons. The van der Waals surface area contributed by atoms with E-state index in [1.54, 1.807) is 18.2 Å². The van der Waals surface area contributed by atoms with Crippen molar-refractivity contribution in [1.29, 1.82) is 0 Å². The van der Waals surface area contributed by atoms with Crippen LogP contribution in [0.5, 0.6) is 11.5 Å². The first-order valence-electron chi connectivity index (χ1n) is 4.50. The van der Waals surface area contributed by atoms with Gasteiger partial charge in [0, 0.05) is 6.42 Å². The van der Waals surface area contributed by atoms with Crippen molar-refractivity contribution in [2.24, 2.45) is 0 Å². The number of allylic oxidation sites excluding steroid dienone is 1. The fraction of sp³-hybridized carbons (Fsp3) is 0.182. The van der Waals surface area contributed by atoms with E-state index < -0.39 is 5.97 Å². The Morgan fingerprint density at radius 3 is 2.60 bits per heavy atom. The summed E-state index contributed by atoms with van der Waals surface area (Å²) >= 11 is 0. The van der Waals surface area contributed by atoms with Crippen LogP contribution in [0.4, 0.5) is 0 Å². The molecule has 0 aliphatic heterocycles. The van der Waals surface area contributed by atoms with Crippen molar-refractivity contribution >= 4 is 12.0 Å². The third kappa shape index (κ3) is 3.72. The van der Waals surface area contributed by atoms with Crippen LogP contribution in [0.2, 0.25) is 0 Å². The van der Waals surface area contributed by atoms with Gasteiger partial charge in [-0.3, -0.25) is 4.79 Å². The average molecular weight is 208 g/mol. The third-order valence-corrected chi connectivity index (χ3v) is 1.83. The van der Waals surface area contributed by atoms with Gasteiger partial charge in [-0.15, -0.1) is 0 Å². The molecular formula is C11H12O4. The summed E-state index contributed by atoms with van der Waals surface area (Å²) in [6.45, 7) is 0. The molecule has 0 aliphatic carbocycles. The first kappa shape index (κ1) is 11.1. The first-order chi connectivity index (χ1) is 7.09. The predicted molar refractivity (Wildman–Crippen MR) is 55.7 cm³/mol. The average Bonchev–Trinajstić information content (AvgIpc) is 2.18. The van der Waals surface area contributed by atoms with Crippen molar-refractivity contribution in [3.8, 4) is 11.5 Å². The number of aromatic hydroxyl groups is 2. The van der Waals surface area contributed by atoms with Crippen molar-refractivity contribution in [3.63, 3.8) is 0 Å². The molecule has 4 heteroatoms. The highest BCUT2D eigenvalue weighted by molar-refractivity contribution is 5.67. The second kappa shape index (κ2) is 5.05. The number of rotatable bonds is 4. The maximum atomic E-state index is 10.2. The largest absolute Gasteiger partial charge is 0.504 e. The topological polar surface area (TPSA) is 77.8 Å². The molecule has 0 radical (unpaired) electrons. The SMILES string of the molecule is O=C(O)CCC=Cc1ccc(O)c(O)c1. The van der Waals surface area contributed by atoms with Crippen LogP contribution in [0.25, 0.3) is 6.08 Å². The molecule has 0 atom stereocenters. The van der Waals surface area contributed by atoms with E-state index in [0.29, 0.717) is 6.42 Å². The quantitative estimate of drug-likeness (QED) is 0.661. The van der Waals surface area contributed by atoms with E-state index in [9.17, 15) is 4.79 Å². The first-order valence-corrected chi connectivity index (χ1v) is 4.50. The van der Waals surface area contributed by atoms with Crippen LogP contribution in [0, 0.1) is 0 Å². The van der Waals surface area contributed by atoms with Crippen LogP contribution in [0.1, 0.15) is 18.4 Å². The van der Waals surface area contributed by atoms with Gasteiger partial charge in [-0.05, 0) is 24.1 Å². The normalized spacial score (nSPS) is 10.7. The number of aliphatic carboxylic acids is 1. The maximum Gasteiger partial charge on any atom is 0.303 e. The van der Waals surface area contributed by atoms with Crippen molar-refractivity contribution in [2.45, 2.75) is 12.8 Å². The summed E-state index contributed by atoms with van der Waals surface area (Å²) in [6, 6.07) is 4.42. The van der Waals surface area contributed by atoms with E-state index in [4.69, 9.17) is 15.3 Å². The summed E-state index contributed by atoms with van der Waals surface area (Å²) in [5.41, 5.74) is 0.718. The zero-order valence-electron chi connectivity index (χ0n) is 8.05. The van der Waals surface area contributed by atoms with E-state index >= 15 is 0 Å².